The zero-order valence-corrected chi connectivity index (χ0v) is 13.2. The summed E-state index contributed by atoms with van der Waals surface area (Å²) in [6.07, 6.45) is 3.70. The molecule has 1 aliphatic rings. The second-order valence-corrected chi connectivity index (χ2v) is 5.61. The Morgan fingerprint density at radius 3 is 2.67 bits per heavy atom. The van der Waals surface area contributed by atoms with Crippen molar-refractivity contribution in [1.82, 2.24) is 4.90 Å². The second kappa shape index (κ2) is 6.76. The Morgan fingerprint density at radius 1 is 1.29 bits per heavy atom. The van der Waals surface area contributed by atoms with E-state index in [1.54, 1.807) is 14.2 Å². The number of ketones is 1. The molecule has 0 N–H and O–H groups in total. The van der Waals surface area contributed by atoms with E-state index >= 15 is 0 Å². The molecular weight excluding hydrogens is 266 g/mol. The Balaban J connectivity index is 2.27. The second-order valence-electron chi connectivity index (χ2n) is 5.61. The Hall–Kier alpha value is -1.81. The number of benzene rings is 1. The molecule has 4 nitrogen and oxygen atoms in total. The molecule has 1 atom stereocenters. The molecule has 1 unspecified atom stereocenters. The average molecular weight is 289 g/mol. The summed E-state index contributed by atoms with van der Waals surface area (Å²) in [6.45, 7) is 0.811. The first kappa shape index (κ1) is 15.6. The van der Waals surface area contributed by atoms with Gasteiger partial charge in [0.2, 0.25) is 0 Å². The van der Waals surface area contributed by atoms with E-state index < -0.39 is 0 Å². The highest BCUT2D eigenvalue weighted by Crippen LogP contribution is 2.35. The van der Waals surface area contributed by atoms with Crippen LogP contribution < -0.4 is 9.47 Å². The minimum atomic E-state index is 0.114. The fraction of sp³-hybridized carbons (Fsp3) is 0.471. The Kier molecular flexibility index (Phi) is 5.02. The lowest BCUT2D eigenvalue weighted by Gasteiger charge is -2.14. The predicted octanol–water partition coefficient (Wildman–Crippen LogP) is 2.63. The van der Waals surface area contributed by atoms with Crippen LogP contribution in [0.25, 0.3) is 6.08 Å². The minimum absolute atomic E-state index is 0.114. The number of hydrogen-bond donors (Lipinski definition) is 0. The van der Waals surface area contributed by atoms with Crippen LogP contribution in [0, 0.1) is 5.92 Å². The normalized spacial score (nSPS) is 20.3. The summed E-state index contributed by atoms with van der Waals surface area (Å²) in [7, 11) is 7.23. The SMILES string of the molecule is COc1cccc(/C=C2\CCC(CN(C)C)C2=O)c1OC. The molecule has 21 heavy (non-hydrogen) atoms. The molecule has 0 spiro atoms. The molecule has 4 heteroatoms. The molecule has 0 amide bonds. The average Bonchev–Trinajstić information content (AvgIpc) is 2.79. The fourth-order valence-electron chi connectivity index (χ4n) is 2.82. The summed E-state index contributed by atoms with van der Waals surface area (Å²) < 4.78 is 10.7. The maximum atomic E-state index is 12.4. The summed E-state index contributed by atoms with van der Waals surface area (Å²) in [4.78, 5) is 14.5. The molecule has 0 heterocycles. The van der Waals surface area contributed by atoms with Gasteiger partial charge < -0.3 is 14.4 Å². The highest BCUT2D eigenvalue weighted by Gasteiger charge is 2.29. The number of carbonyl (C=O) groups is 1. The highest BCUT2D eigenvalue weighted by atomic mass is 16.5. The third-order valence-electron chi connectivity index (χ3n) is 3.80. The number of rotatable bonds is 5. The summed E-state index contributed by atoms with van der Waals surface area (Å²) in [6, 6.07) is 5.71. The van der Waals surface area contributed by atoms with Crippen molar-refractivity contribution in [1.29, 1.82) is 0 Å². The van der Waals surface area contributed by atoms with Crippen molar-refractivity contribution in [2.24, 2.45) is 5.92 Å². The van der Waals surface area contributed by atoms with Gasteiger partial charge in [0.1, 0.15) is 0 Å². The molecule has 0 bridgehead atoms. The van der Waals surface area contributed by atoms with Gasteiger partial charge in [0.25, 0.3) is 0 Å². The Labute approximate surface area is 126 Å². The quantitative estimate of drug-likeness (QED) is 0.781. The van der Waals surface area contributed by atoms with Gasteiger partial charge in [-0.3, -0.25) is 4.79 Å². The molecule has 0 aromatic heterocycles. The maximum Gasteiger partial charge on any atom is 0.167 e. The van der Waals surface area contributed by atoms with Gasteiger partial charge in [-0.25, -0.2) is 0 Å². The van der Waals surface area contributed by atoms with Crippen LogP contribution in [0.3, 0.4) is 0 Å². The number of carbonyl (C=O) groups excluding carboxylic acids is 1. The van der Waals surface area contributed by atoms with Crippen LogP contribution in [0.2, 0.25) is 0 Å². The zero-order valence-electron chi connectivity index (χ0n) is 13.2. The molecule has 0 aliphatic heterocycles. The van der Waals surface area contributed by atoms with E-state index in [1.807, 2.05) is 38.4 Å². The lowest BCUT2D eigenvalue weighted by molar-refractivity contribution is -0.118. The van der Waals surface area contributed by atoms with Crippen LogP contribution in [0.1, 0.15) is 18.4 Å². The molecule has 0 radical (unpaired) electrons. The number of methoxy groups -OCH3 is 2. The van der Waals surface area contributed by atoms with Crippen molar-refractivity contribution in [3.05, 3.63) is 29.3 Å². The summed E-state index contributed by atoms with van der Waals surface area (Å²) in [5.74, 6) is 1.73. The number of para-hydroxylation sites is 1. The zero-order chi connectivity index (χ0) is 15.4. The van der Waals surface area contributed by atoms with Gasteiger partial charge in [0, 0.05) is 18.0 Å². The largest absolute Gasteiger partial charge is 0.493 e. The third-order valence-corrected chi connectivity index (χ3v) is 3.80. The molecular formula is C17H23NO3. The van der Waals surface area contributed by atoms with Gasteiger partial charge in [-0.2, -0.15) is 0 Å². The molecule has 0 saturated heterocycles. The van der Waals surface area contributed by atoms with Gasteiger partial charge in [-0.1, -0.05) is 12.1 Å². The van der Waals surface area contributed by atoms with E-state index in [9.17, 15) is 4.79 Å². The standard InChI is InChI=1S/C17H23NO3/c1-18(2)11-14-9-8-12(16(14)19)10-13-6-5-7-15(20-3)17(13)21-4/h5-7,10,14H,8-9,11H2,1-4H3/b12-10+. The number of ether oxygens (including phenoxy) is 2. The van der Waals surface area contributed by atoms with E-state index in [2.05, 4.69) is 4.90 Å². The molecule has 114 valence electrons. The molecule has 1 saturated carbocycles. The topological polar surface area (TPSA) is 38.8 Å². The molecule has 1 aromatic carbocycles. The van der Waals surface area contributed by atoms with Crippen LogP contribution in [0.15, 0.2) is 23.8 Å². The van der Waals surface area contributed by atoms with Crippen LogP contribution in [0.5, 0.6) is 11.5 Å². The van der Waals surface area contributed by atoms with Crippen LogP contribution in [-0.2, 0) is 4.79 Å². The van der Waals surface area contributed by atoms with Gasteiger partial charge >= 0.3 is 0 Å². The minimum Gasteiger partial charge on any atom is -0.493 e. The molecule has 2 rings (SSSR count). The van der Waals surface area contributed by atoms with Crippen molar-refractivity contribution in [3.63, 3.8) is 0 Å². The number of nitrogens with zero attached hydrogens (tertiary/aromatic N) is 1. The van der Waals surface area contributed by atoms with Crippen molar-refractivity contribution >= 4 is 11.9 Å². The lowest BCUT2D eigenvalue weighted by Crippen LogP contribution is -2.24. The monoisotopic (exact) mass is 289 g/mol. The van der Waals surface area contributed by atoms with Crippen LogP contribution >= 0.6 is 0 Å². The van der Waals surface area contributed by atoms with E-state index in [4.69, 9.17) is 9.47 Å². The summed E-state index contributed by atoms with van der Waals surface area (Å²) in [5.41, 5.74) is 1.78. The van der Waals surface area contributed by atoms with E-state index in [0.717, 1.165) is 30.5 Å². The van der Waals surface area contributed by atoms with Crippen molar-refractivity contribution in [3.8, 4) is 11.5 Å². The van der Waals surface area contributed by atoms with Gasteiger partial charge in [-0.15, -0.1) is 0 Å². The molecule has 1 aliphatic carbocycles. The van der Waals surface area contributed by atoms with Gasteiger partial charge in [0.15, 0.2) is 17.3 Å². The summed E-state index contributed by atoms with van der Waals surface area (Å²) >= 11 is 0. The summed E-state index contributed by atoms with van der Waals surface area (Å²) in [5, 5.41) is 0. The maximum absolute atomic E-state index is 12.4. The van der Waals surface area contributed by atoms with Gasteiger partial charge in [-0.05, 0) is 44.7 Å². The van der Waals surface area contributed by atoms with Crippen LogP contribution in [-0.4, -0.2) is 45.5 Å². The Bertz CT molecular complexity index is 549. The highest BCUT2D eigenvalue weighted by molar-refractivity contribution is 6.03. The van der Waals surface area contributed by atoms with E-state index in [0.29, 0.717) is 11.5 Å². The third kappa shape index (κ3) is 3.45. The smallest absolute Gasteiger partial charge is 0.167 e. The van der Waals surface area contributed by atoms with Gasteiger partial charge in [0.05, 0.1) is 14.2 Å². The first-order valence-corrected chi connectivity index (χ1v) is 7.17. The Morgan fingerprint density at radius 2 is 2.05 bits per heavy atom. The fourth-order valence-corrected chi connectivity index (χ4v) is 2.82. The molecule has 1 aromatic rings. The number of hydrogen-bond acceptors (Lipinski definition) is 4. The first-order valence-electron chi connectivity index (χ1n) is 7.17. The van der Waals surface area contributed by atoms with E-state index in [1.165, 1.54) is 0 Å². The molecule has 1 fully saturated rings. The van der Waals surface area contributed by atoms with Crippen LogP contribution in [0.4, 0.5) is 0 Å². The number of Topliss-reactive ketones (excluding diaryl/α,β-unsaturated/α-hetero) is 1. The number of allylic oxidation sites excluding steroid dienone is 1. The van der Waals surface area contributed by atoms with Crippen molar-refractivity contribution < 1.29 is 14.3 Å². The first-order chi connectivity index (χ1) is 10.1. The predicted molar refractivity (Wildman–Crippen MR) is 83.8 cm³/mol. The lowest BCUT2D eigenvalue weighted by atomic mass is 10.0. The van der Waals surface area contributed by atoms with Crippen molar-refractivity contribution in [2.75, 3.05) is 34.9 Å². The van der Waals surface area contributed by atoms with Crippen molar-refractivity contribution in [2.45, 2.75) is 12.8 Å². The van der Waals surface area contributed by atoms with E-state index in [-0.39, 0.29) is 11.7 Å².